The fourth-order valence-corrected chi connectivity index (χ4v) is 1.03. The lowest BCUT2D eigenvalue weighted by atomic mass is 10.0. The van der Waals surface area contributed by atoms with Gasteiger partial charge in [0.15, 0.2) is 0 Å². The Balaban J connectivity index is 4.47. The van der Waals surface area contributed by atoms with E-state index in [4.69, 9.17) is 5.11 Å². The molecule has 0 bridgehead atoms. The topological polar surface area (TPSA) is 75.6 Å². The van der Waals surface area contributed by atoms with E-state index in [1.165, 1.54) is 7.11 Å². The summed E-state index contributed by atoms with van der Waals surface area (Å²) in [6, 6.07) is -0.166. The number of methoxy groups -OCH3 is 1. The molecule has 2 N–H and O–H groups in total. The summed E-state index contributed by atoms with van der Waals surface area (Å²) in [5.74, 6) is -1.32. The predicted molar refractivity (Wildman–Crippen MR) is 55.5 cm³/mol. The van der Waals surface area contributed by atoms with Gasteiger partial charge in [-0.25, -0.2) is 4.79 Å². The Morgan fingerprint density at radius 2 is 1.93 bits per heavy atom. The molecule has 0 heterocycles. The number of rotatable bonds is 5. The summed E-state index contributed by atoms with van der Waals surface area (Å²) in [5.41, 5.74) is 1.28. The lowest BCUT2D eigenvalue weighted by Gasteiger charge is -2.15. The third-order valence-electron chi connectivity index (χ3n) is 2.29. The molecule has 0 radical (unpaired) electrons. The summed E-state index contributed by atoms with van der Waals surface area (Å²) in [6.45, 7) is 5.09. The van der Waals surface area contributed by atoms with Crippen molar-refractivity contribution < 1.29 is 19.4 Å². The molecule has 0 aromatic carbocycles. The molecule has 0 saturated carbocycles. The molecule has 5 nitrogen and oxygen atoms in total. The molecule has 0 fully saturated rings. The zero-order chi connectivity index (χ0) is 12.0. The van der Waals surface area contributed by atoms with Crippen LogP contribution in [0.5, 0.6) is 0 Å². The molecule has 15 heavy (non-hydrogen) atoms. The molecule has 86 valence electrons. The SMILES string of the molecule is COC(=O)C(C)=C(C)C(C)NCC(=O)O. The van der Waals surface area contributed by atoms with Crippen molar-refractivity contribution in [3.05, 3.63) is 11.1 Å². The van der Waals surface area contributed by atoms with Gasteiger partial charge in [0.2, 0.25) is 0 Å². The highest BCUT2D eigenvalue weighted by molar-refractivity contribution is 5.88. The largest absolute Gasteiger partial charge is 0.480 e. The van der Waals surface area contributed by atoms with Crippen LogP contribution in [0.2, 0.25) is 0 Å². The van der Waals surface area contributed by atoms with Crippen LogP contribution in [0, 0.1) is 0 Å². The molecule has 1 unspecified atom stereocenters. The van der Waals surface area contributed by atoms with Gasteiger partial charge >= 0.3 is 11.9 Å². The number of carboxylic acid groups (broad SMARTS) is 1. The molecule has 0 aliphatic heterocycles. The van der Waals surface area contributed by atoms with Crippen molar-refractivity contribution >= 4 is 11.9 Å². The van der Waals surface area contributed by atoms with Gasteiger partial charge in [0.25, 0.3) is 0 Å². The Morgan fingerprint density at radius 1 is 1.40 bits per heavy atom. The van der Waals surface area contributed by atoms with Gasteiger partial charge in [0.05, 0.1) is 13.7 Å². The van der Waals surface area contributed by atoms with Crippen LogP contribution in [0.1, 0.15) is 20.8 Å². The fourth-order valence-electron chi connectivity index (χ4n) is 1.03. The molecule has 0 aliphatic carbocycles. The first-order chi connectivity index (χ1) is 6.90. The molecule has 0 amide bonds. The van der Waals surface area contributed by atoms with Crippen molar-refractivity contribution in [2.24, 2.45) is 0 Å². The normalized spacial score (nSPS) is 14.1. The Hall–Kier alpha value is -1.36. The average molecular weight is 215 g/mol. The smallest absolute Gasteiger partial charge is 0.333 e. The number of carboxylic acids is 1. The first-order valence-corrected chi connectivity index (χ1v) is 4.61. The standard InChI is InChI=1S/C10H17NO4/c1-6(7(2)10(14)15-4)8(3)11-5-9(12)13/h8,11H,5H2,1-4H3,(H,12,13). The van der Waals surface area contributed by atoms with Crippen molar-refractivity contribution in [1.29, 1.82) is 0 Å². The van der Waals surface area contributed by atoms with Crippen molar-refractivity contribution in [2.75, 3.05) is 13.7 Å². The minimum absolute atomic E-state index is 0.132. The lowest BCUT2D eigenvalue weighted by Crippen LogP contribution is -2.33. The summed E-state index contributed by atoms with van der Waals surface area (Å²) in [7, 11) is 1.31. The average Bonchev–Trinajstić information content (AvgIpc) is 2.22. The first kappa shape index (κ1) is 13.6. The molecule has 1 atom stereocenters. The maximum absolute atomic E-state index is 11.2. The zero-order valence-corrected chi connectivity index (χ0v) is 9.46. The van der Waals surface area contributed by atoms with Gasteiger partial charge in [-0.3, -0.25) is 4.79 Å². The van der Waals surface area contributed by atoms with Crippen LogP contribution >= 0.6 is 0 Å². The molecule has 0 aromatic rings. The van der Waals surface area contributed by atoms with E-state index in [2.05, 4.69) is 10.1 Å². The van der Waals surface area contributed by atoms with Crippen molar-refractivity contribution in [3.8, 4) is 0 Å². The monoisotopic (exact) mass is 215 g/mol. The Morgan fingerprint density at radius 3 is 2.33 bits per heavy atom. The Labute approximate surface area is 89.1 Å². The zero-order valence-electron chi connectivity index (χ0n) is 9.46. The number of esters is 1. The van der Waals surface area contributed by atoms with Crippen molar-refractivity contribution in [3.63, 3.8) is 0 Å². The predicted octanol–water partition coefficient (Wildman–Crippen LogP) is 0.558. The second-order valence-corrected chi connectivity index (χ2v) is 3.30. The van der Waals surface area contributed by atoms with Gasteiger partial charge < -0.3 is 15.2 Å². The van der Waals surface area contributed by atoms with Gasteiger partial charge in [-0.05, 0) is 26.3 Å². The highest BCUT2D eigenvalue weighted by atomic mass is 16.5. The van der Waals surface area contributed by atoms with E-state index in [1.807, 2.05) is 0 Å². The Bertz CT molecular complexity index is 283. The summed E-state index contributed by atoms with van der Waals surface area (Å²) in [4.78, 5) is 21.5. The van der Waals surface area contributed by atoms with E-state index in [1.54, 1.807) is 20.8 Å². The van der Waals surface area contributed by atoms with E-state index in [9.17, 15) is 9.59 Å². The highest BCUT2D eigenvalue weighted by Crippen LogP contribution is 2.09. The molecule has 0 spiro atoms. The third-order valence-corrected chi connectivity index (χ3v) is 2.29. The van der Waals surface area contributed by atoms with Crippen LogP contribution in [0.25, 0.3) is 0 Å². The minimum Gasteiger partial charge on any atom is -0.480 e. The van der Waals surface area contributed by atoms with Crippen LogP contribution in [0.3, 0.4) is 0 Å². The number of hydrogen-bond acceptors (Lipinski definition) is 4. The number of aliphatic carboxylic acids is 1. The minimum atomic E-state index is -0.926. The van der Waals surface area contributed by atoms with Crippen molar-refractivity contribution in [1.82, 2.24) is 5.32 Å². The number of ether oxygens (including phenoxy) is 1. The van der Waals surface area contributed by atoms with Gasteiger partial charge in [-0.2, -0.15) is 0 Å². The summed E-state index contributed by atoms with van der Waals surface area (Å²) in [6.07, 6.45) is 0. The second-order valence-electron chi connectivity index (χ2n) is 3.30. The van der Waals surface area contributed by atoms with Crippen LogP contribution in [0.15, 0.2) is 11.1 Å². The molecular formula is C10H17NO4. The van der Waals surface area contributed by atoms with E-state index in [0.717, 1.165) is 5.57 Å². The first-order valence-electron chi connectivity index (χ1n) is 4.61. The number of carbonyl (C=O) groups excluding carboxylic acids is 1. The lowest BCUT2D eigenvalue weighted by molar-refractivity contribution is -0.136. The molecular weight excluding hydrogens is 198 g/mol. The fraction of sp³-hybridized carbons (Fsp3) is 0.600. The summed E-state index contributed by atoms with van der Waals surface area (Å²) >= 11 is 0. The van der Waals surface area contributed by atoms with Crippen LogP contribution < -0.4 is 5.32 Å². The molecule has 5 heteroatoms. The quantitative estimate of drug-likeness (QED) is 0.517. The molecule has 0 aliphatic rings. The third kappa shape index (κ3) is 4.60. The van der Waals surface area contributed by atoms with Gasteiger partial charge in [0, 0.05) is 11.6 Å². The molecule has 0 aromatic heterocycles. The summed E-state index contributed by atoms with van der Waals surface area (Å²) in [5, 5.41) is 11.2. The number of nitrogens with one attached hydrogen (secondary N) is 1. The van der Waals surface area contributed by atoms with E-state index in [0.29, 0.717) is 5.57 Å². The number of hydrogen-bond donors (Lipinski definition) is 2. The molecule has 0 rings (SSSR count). The van der Waals surface area contributed by atoms with E-state index < -0.39 is 11.9 Å². The Kier molecular flexibility index (Phi) is 5.62. The van der Waals surface area contributed by atoms with Crippen LogP contribution in [0.4, 0.5) is 0 Å². The van der Waals surface area contributed by atoms with Crippen LogP contribution in [-0.4, -0.2) is 36.7 Å². The van der Waals surface area contributed by atoms with E-state index in [-0.39, 0.29) is 12.6 Å². The maximum Gasteiger partial charge on any atom is 0.333 e. The van der Waals surface area contributed by atoms with Crippen molar-refractivity contribution in [2.45, 2.75) is 26.8 Å². The maximum atomic E-state index is 11.2. The highest BCUT2D eigenvalue weighted by Gasteiger charge is 2.13. The van der Waals surface area contributed by atoms with Crippen LogP contribution in [-0.2, 0) is 14.3 Å². The van der Waals surface area contributed by atoms with Gasteiger partial charge in [-0.1, -0.05) is 0 Å². The van der Waals surface area contributed by atoms with E-state index >= 15 is 0 Å². The number of carbonyl (C=O) groups is 2. The van der Waals surface area contributed by atoms with Gasteiger partial charge in [0.1, 0.15) is 0 Å². The second kappa shape index (κ2) is 6.19. The van der Waals surface area contributed by atoms with Gasteiger partial charge in [-0.15, -0.1) is 0 Å². The molecule has 0 saturated heterocycles. The summed E-state index contributed by atoms with van der Waals surface area (Å²) < 4.78 is 4.57.